The number of hydroxylamine groups is 2. The van der Waals surface area contributed by atoms with Crippen molar-refractivity contribution in [3.63, 3.8) is 0 Å². The Morgan fingerprint density at radius 3 is 1.31 bits per heavy atom. The molecule has 254 valence electrons. The SMILES string of the molecule is CC(C)[C@@H](ON1C(=O)c2ccccc2C1=O)c1cc(OC(c2ccccc2)c2ccccc2)c(OC(c2ccccc2)c2ccccc2)c[n+]1O. The molecule has 0 radical (unpaired) electrons. The number of fused-ring (bicyclic) bond motifs is 1. The lowest BCUT2D eigenvalue weighted by Crippen LogP contribution is -2.41. The Morgan fingerprint density at radius 1 is 0.549 bits per heavy atom. The van der Waals surface area contributed by atoms with E-state index in [2.05, 4.69) is 0 Å². The molecule has 0 saturated carbocycles. The highest BCUT2D eigenvalue weighted by molar-refractivity contribution is 6.20. The topological polar surface area (TPSA) is 89.2 Å². The average molecular weight is 678 g/mol. The summed E-state index contributed by atoms with van der Waals surface area (Å²) >= 11 is 0. The number of pyridine rings is 1. The predicted molar refractivity (Wildman–Crippen MR) is 190 cm³/mol. The summed E-state index contributed by atoms with van der Waals surface area (Å²) in [6.07, 6.45) is -0.612. The van der Waals surface area contributed by atoms with Crippen LogP contribution in [0.2, 0.25) is 0 Å². The van der Waals surface area contributed by atoms with Gasteiger partial charge in [-0.05, 0) is 40.3 Å². The maximum Gasteiger partial charge on any atom is 0.285 e. The maximum absolute atomic E-state index is 13.3. The van der Waals surface area contributed by atoms with Gasteiger partial charge >= 0.3 is 0 Å². The monoisotopic (exact) mass is 677 g/mol. The number of benzene rings is 5. The quantitative estimate of drug-likeness (QED) is 0.0794. The predicted octanol–water partition coefficient (Wildman–Crippen LogP) is 8.47. The highest BCUT2D eigenvalue weighted by atomic mass is 16.7. The fraction of sp³-hybridized carbons (Fsp3) is 0.140. The molecule has 1 atom stereocenters. The molecule has 1 N–H and O–H groups in total. The van der Waals surface area contributed by atoms with E-state index < -0.39 is 30.1 Å². The minimum Gasteiger partial charge on any atom is -0.477 e. The first-order valence-corrected chi connectivity index (χ1v) is 16.9. The zero-order valence-electron chi connectivity index (χ0n) is 28.2. The summed E-state index contributed by atoms with van der Waals surface area (Å²) in [5, 5.41) is 12.4. The Morgan fingerprint density at radius 2 is 0.922 bits per heavy atom. The van der Waals surface area contributed by atoms with Crippen LogP contribution in [0.15, 0.2) is 158 Å². The van der Waals surface area contributed by atoms with Crippen molar-refractivity contribution in [1.29, 1.82) is 0 Å². The third kappa shape index (κ3) is 6.95. The first-order chi connectivity index (χ1) is 24.9. The van der Waals surface area contributed by atoms with Crippen molar-refractivity contribution in [2.45, 2.75) is 32.2 Å². The van der Waals surface area contributed by atoms with Crippen molar-refractivity contribution < 1.29 is 33.8 Å². The van der Waals surface area contributed by atoms with Crippen LogP contribution < -0.4 is 14.2 Å². The fourth-order valence-electron chi connectivity index (χ4n) is 6.23. The van der Waals surface area contributed by atoms with E-state index in [9.17, 15) is 14.8 Å². The van der Waals surface area contributed by atoms with Crippen LogP contribution in [0.4, 0.5) is 0 Å². The van der Waals surface area contributed by atoms with Crippen LogP contribution >= 0.6 is 0 Å². The average Bonchev–Trinajstić information content (AvgIpc) is 3.41. The van der Waals surface area contributed by atoms with E-state index in [-0.39, 0.29) is 28.5 Å². The van der Waals surface area contributed by atoms with Gasteiger partial charge in [0.25, 0.3) is 23.7 Å². The number of ether oxygens (including phenoxy) is 2. The van der Waals surface area contributed by atoms with Crippen LogP contribution in [-0.2, 0) is 4.84 Å². The lowest BCUT2D eigenvalue weighted by molar-refractivity contribution is -0.912. The summed E-state index contributed by atoms with van der Waals surface area (Å²) in [7, 11) is 0. The summed E-state index contributed by atoms with van der Waals surface area (Å²) in [4.78, 5) is 32.8. The van der Waals surface area contributed by atoms with Gasteiger partial charge in [0.15, 0.2) is 11.9 Å². The lowest BCUT2D eigenvalue weighted by atomic mass is 10.0. The van der Waals surface area contributed by atoms with Crippen LogP contribution in [0.25, 0.3) is 0 Å². The van der Waals surface area contributed by atoms with Crippen LogP contribution in [0.5, 0.6) is 11.5 Å². The third-order valence-electron chi connectivity index (χ3n) is 8.80. The van der Waals surface area contributed by atoms with Crippen LogP contribution in [0, 0.1) is 5.92 Å². The van der Waals surface area contributed by atoms with Gasteiger partial charge in [0.2, 0.25) is 5.75 Å². The molecule has 0 fully saturated rings. The van der Waals surface area contributed by atoms with Crippen molar-refractivity contribution in [2.24, 2.45) is 5.92 Å². The molecule has 1 aliphatic rings. The molecule has 7 rings (SSSR count). The summed E-state index contributed by atoms with van der Waals surface area (Å²) < 4.78 is 14.7. The number of hydrogen-bond acceptors (Lipinski definition) is 6. The molecule has 8 heteroatoms. The second-order valence-electron chi connectivity index (χ2n) is 12.6. The molecule has 1 aromatic heterocycles. The number of rotatable bonds is 12. The van der Waals surface area contributed by atoms with Crippen LogP contribution in [0.1, 0.15) is 80.8 Å². The van der Waals surface area contributed by atoms with E-state index in [1.165, 1.54) is 6.20 Å². The van der Waals surface area contributed by atoms with Gasteiger partial charge in [0.05, 0.1) is 17.2 Å². The molecule has 0 spiro atoms. The van der Waals surface area contributed by atoms with Gasteiger partial charge < -0.3 is 9.47 Å². The standard InChI is InChI=1S/C43H37N2O6/c1-29(2)39(51-45-42(46)34-25-15-16-26-35(34)43(45)47)36-27-37(49-40(30-17-7-3-8-18-30)31-19-9-4-10-20-31)38(28-44(36)48)50-41(32-21-11-5-12-22-32)33-23-13-6-14-24-33/h3-29,39-41,48H,1-2H3/q+1/t39-/m1/s1. The molecule has 0 saturated heterocycles. The van der Waals surface area contributed by atoms with Gasteiger partial charge in [-0.25, -0.2) is 4.84 Å². The summed E-state index contributed by atoms with van der Waals surface area (Å²) in [5.41, 5.74) is 4.39. The van der Waals surface area contributed by atoms with E-state index in [0.717, 1.165) is 32.0 Å². The molecule has 1 aliphatic heterocycles. The molecule has 2 amide bonds. The molecule has 0 aliphatic carbocycles. The first-order valence-electron chi connectivity index (χ1n) is 16.9. The second kappa shape index (κ2) is 14.7. The highest BCUT2D eigenvalue weighted by Crippen LogP contribution is 2.40. The summed E-state index contributed by atoms with van der Waals surface area (Å²) in [6, 6.07) is 47.6. The molecular formula is C43H37N2O6+. The van der Waals surface area contributed by atoms with Gasteiger partial charge in [0, 0.05) is 4.73 Å². The van der Waals surface area contributed by atoms with Gasteiger partial charge in [-0.2, -0.15) is 0 Å². The number of nitrogens with zero attached hydrogens (tertiary/aromatic N) is 2. The van der Waals surface area contributed by atoms with Gasteiger partial charge in [-0.3, -0.25) is 14.8 Å². The lowest BCUT2D eigenvalue weighted by Gasteiger charge is -2.26. The van der Waals surface area contributed by atoms with Crippen molar-refractivity contribution in [3.8, 4) is 11.5 Å². The van der Waals surface area contributed by atoms with Crippen molar-refractivity contribution in [2.75, 3.05) is 0 Å². The van der Waals surface area contributed by atoms with E-state index in [0.29, 0.717) is 5.75 Å². The van der Waals surface area contributed by atoms with E-state index >= 15 is 0 Å². The van der Waals surface area contributed by atoms with E-state index in [1.807, 2.05) is 135 Å². The third-order valence-corrected chi connectivity index (χ3v) is 8.80. The normalized spacial score (nSPS) is 13.2. The number of aromatic nitrogens is 1. The van der Waals surface area contributed by atoms with Gasteiger partial charge in [-0.1, -0.05) is 147 Å². The van der Waals surface area contributed by atoms with Crippen molar-refractivity contribution in [3.05, 3.63) is 197 Å². The molecule has 0 unspecified atom stereocenters. The molecule has 6 aromatic rings. The Bertz CT molecular complexity index is 2010. The maximum atomic E-state index is 13.3. The molecule has 5 aromatic carbocycles. The second-order valence-corrected chi connectivity index (χ2v) is 12.6. The first kappa shape index (κ1) is 33.3. The zero-order valence-corrected chi connectivity index (χ0v) is 28.2. The Kier molecular flexibility index (Phi) is 9.59. The number of carbonyl (C=O) groups excluding carboxylic acids is 2. The molecular weight excluding hydrogens is 640 g/mol. The van der Waals surface area contributed by atoms with Crippen molar-refractivity contribution in [1.82, 2.24) is 5.06 Å². The number of carbonyl (C=O) groups is 2. The summed E-state index contributed by atoms with van der Waals surface area (Å²) in [5.74, 6) is -0.846. The minimum atomic E-state index is -0.945. The molecule has 8 nitrogen and oxygen atoms in total. The molecule has 2 heterocycles. The van der Waals surface area contributed by atoms with Gasteiger partial charge in [-0.15, -0.1) is 5.06 Å². The van der Waals surface area contributed by atoms with Gasteiger partial charge in [0.1, 0.15) is 12.2 Å². The Hall–Kier alpha value is -6.25. The number of amides is 2. The highest BCUT2D eigenvalue weighted by Gasteiger charge is 2.42. The van der Waals surface area contributed by atoms with Crippen LogP contribution in [0.3, 0.4) is 0 Å². The minimum absolute atomic E-state index is 0.250. The van der Waals surface area contributed by atoms with E-state index in [4.69, 9.17) is 14.3 Å². The zero-order chi connectivity index (χ0) is 35.3. The summed E-state index contributed by atoms with van der Waals surface area (Å²) in [6.45, 7) is 3.76. The fourth-order valence-corrected chi connectivity index (χ4v) is 6.23. The van der Waals surface area contributed by atoms with Crippen LogP contribution in [-0.4, -0.2) is 22.1 Å². The smallest absolute Gasteiger partial charge is 0.285 e. The molecule has 51 heavy (non-hydrogen) atoms. The van der Waals surface area contributed by atoms with E-state index in [1.54, 1.807) is 30.3 Å². The number of imide groups is 1. The number of hydrogen-bond donors (Lipinski definition) is 1. The largest absolute Gasteiger partial charge is 0.477 e. The Balaban J connectivity index is 1.34. The van der Waals surface area contributed by atoms with Crippen molar-refractivity contribution >= 4 is 11.8 Å². The Labute approximate surface area is 296 Å². The molecule has 0 bridgehead atoms.